The van der Waals surface area contributed by atoms with E-state index >= 15 is 0 Å². The third-order valence-electron chi connectivity index (χ3n) is 3.63. The molecule has 3 nitrogen and oxygen atoms in total. The van der Waals surface area contributed by atoms with Crippen molar-refractivity contribution in [3.63, 3.8) is 0 Å². The molecule has 0 saturated carbocycles. The van der Waals surface area contributed by atoms with Gasteiger partial charge in [-0.2, -0.15) is 0 Å². The van der Waals surface area contributed by atoms with Crippen molar-refractivity contribution in [3.8, 4) is 5.75 Å². The van der Waals surface area contributed by atoms with Crippen molar-refractivity contribution < 1.29 is 9.84 Å². The normalized spacial score (nSPS) is 13.7. The Morgan fingerprint density at radius 3 is 2.57 bits per heavy atom. The Hall–Kier alpha value is -1.84. The van der Waals surface area contributed by atoms with Crippen molar-refractivity contribution in [1.29, 1.82) is 0 Å². The lowest BCUT2D eigenvalue weighted by Gasteiger charge is -2.21. The van der Waals surface area contributed by atoms with Crippen LogP contribution in [0.5, 0.6) is 5.75 Å². The summed E-state index contributed by atoms with van der Waals surface area (Å²) in [6.07, 6.45) is 0.409. The highest BCUT2D eigenvalue weighted by molar-refractivity contribution is 5.30. The third kappa shape index (κ3) is 4.59. The van der Waals surface area contributed by atoms with E-state index in [1.54, 1.807) is 7.11 Å². The maximum Gasteiger partial charge on any atom is 0.119 e. The predicted octanol–water partition coefficient (Wildman–Crippen LogP) is 2.95. The highest BCUT2D eigenvalue weighted by Gasteiger charge is 2.16. The van der Waals surface area contributed by atoms with Gasteiger partial charge < -0.3 is 15.2 Å². The molecular weight excluding hydrogens is 262 g/mol. The fourth-order valence-electron chi connectivity index (χ4n) is 2.31. The number of benzene rings is 2. The van der Waals surface area contributed by atoms with Crippen LogP contribution in [0.25, 0.3) is 0 Å². The number of methoxy groups -OCH3 is 1. The minimum Gasteiger partial charge on any atom is -0.497 e. The van der Waals surface area contributed by atoms with Gasteiger partial charge in [0.05, 0.1) is 13.2 Å². The molecule has 0 heterocycles. The highest BCUT2D eigenvalue weighted by Crippen LogP contribution is 2.21. The molecule has 2 N–H and O–H groups in total. The van der Waals surface area contributed by atoms with Gasteiger partial charge in [0.25, 0.3) is 0 Å². The molecule has 2 rings (SSSR count). The Balaban J connectivity index is 1.86. The quantitative estimate of drug-likeness (QED) is 0.822. The second kappa shape index (κ2) is 7.81. The van der Waals surface area contributed by atoms with Crippen LogP contribution in [-0.2, 0) is 6.42 Å². The van der Waals surface area contributed by atoms with Crippen molar-refractivity contribution >= 4 is 0 Å². The summed E-state index contributed by atoms with van der Waals surface area (Å²) in [5.41, 5.74) is 2.17. The third-order valence-corrected chi connectivity index (χ3v) is 3.63. The molecule has 0 aliphatic rings. The molecule has 21 heavy (non-hydrogen) atoms. The van der Waals surface area contributed by atoms with Gasteiger partial charge in [-0.05, 0) is 43.1 Å². The van der Waals surface area contributed by atoms with Gasteiger partial charge in [-0.15, -0.1) is 0 Å². The average Bonchev–Trinajstić information content (AvgIpc) is 2.55. The maximum absolute atomic E-state index is 10.4. The maximum atomic E-state index is 10.4. The van der Waals surface area contributed by atoms with E-state index in [4.69, 9.17) is 4.74 Å². The first-order chi connectivity index (χ1) is 10.2. The predicted molar refractivity (Wildman–Crippen MR) is 85.6 cm³/mol. The van der Waals surface area contributed by atoms with Crippen molar-refractivity contribution in [3.05, 3.63) is 65.7 Å². The summed E-state index contributed by atoms with van der Waals surface area (Å²) in [7, 11) is 1.63. The molecule has 0 aromatic heterocycles. The SMILES string of the molecule is COc1cccc(C(O)C(C)NCCc2ccccc2)c1. The van der Waals surface area contributed by atoms with Crippen LogP contribution in [0.1, 0.15) is 24.2 Å². The first-order valence-corrected chi connectivity index (χ1v) is 7.30. The van der Waals surface area contributed by atoms with Crippen LogP contribution < -0.4 is 10.1 Å². The van der Waals surface area contributed by atoms with E-state index in [-0.39, 0.29) is 6.04 Å². The number of hydrogen-bond donors (Lipinski definition) is 2. The fourth-order valence-corrected chi connectivity index (χ4v) is 2.31. The zero-order valence-electron chi connectivity index (χ0n) is 12.6. The van der Waals surface area contributed by atoms with Gasteiger partial charge in [0.15, 0.2) is 0 Å². The second-order valence-electron chi connectivity index (χ2n) is 5.20. The molecule has 0 spiro atoms. The van der Waals surface area contributed by atoms with E-state index in [2.05, 4.69) is 17.4 Å². The standard InChI is InChI=1S/C18H23NO2/c1-14(19-12-11-15-7-4-3-5-8-15)18(20)16-9-6-10-17(13-16)21-2/h3-10,13-14,18-20H,11-12H2,1-2H3. The molecule has 2 unspecified atom stereocenters. The summed E-state index contributed by atoms with van der Waals surface area (Å²) in [6, 6.07) is 17.9. The molecule has 0 aliphatic carbocycles. The van der Waals surface area contributed by atoms with E-state index in [1.165, 1.54) is 5.56 Å². The molecule has 0 fully saturated rings. The molecule has 2 atom stereocenters. The molecule has 0 saturated heterocycles. The lowest BCUT2D eigenvalue weighted by Crippen LogP contribution is -2.33. The Labute approximate surface area is 126 Å². The molecule has 0 amide bonds. The first kappa shape index (κ1) is 15.5. The first-order valence-electron chi connectivity index (χ1n) is 7.30. The Morgan fingerprint density at radius 1 is 1.10 bits per heavy atom. The van der Waals surface area contributed by atoms with Crippen LogP contribution in [0.4, 0.5) is 0 Å². The second-order valence-corrected chi connectivity index (χ2v) is 5.20. The Morgan fingerprint density at radius 2 is 1.86 bits per heavy atom. The summed E-state index contributed by atoms with van der Waals surface area (Å²) in [5.74, 6) is 0.767. The summed E-state index contributed by atoms with van der Waals surface area (Å²) >= 11 is 0. The van der Waals surface area contributed by atoms with Gasteiger partial charge in [-0.1, -0.05) is 42.5 Å². The number of rotatable bonds is 7. The van der Waals surface area contributed by atoms with Crippen LogP contribution in [0, 0.1) is 0 Å². The van der Waals surface area contributed by atoms with Gasteiger partial charge in [0.1, 0.15) is 5.75 Å². The van der Waals surface area contributed by atoms with Gasteiger partial charge in [0, 0.05) is 6.04 Å². The largest absolute Gasteiger partial charge is 0.497 e. The zero-order valence-corrected chi connectivity index (χ0v) is 12.6. The minimum absolute atomic E-state index is 0.0131. The molecule has 3 heteroatoms. The molecular formula is C18H23NO2. The number of nitrogens with one attached hydrogen (secondary N) is 1. The van der Waals surface area contributed by atoms with Gasteiger partial charge in [-0.3, -0.25) is 0 Å². The lowest BCUT2D eigenvalue weighted by atomic mass is 10.0. The van der Waals surface area contributed by atoms with E-state index in [1.807, 2.05) is 49.4 Å². The zero-order chi connectivity index (χ0) is 15.1. The number of ether oxygens (including phenoxy) is 1. The van der Waals surface area contributed by atoms with Crippen LogP contribution in [0.2, 0.25) is 0 Å². The smallest absolute Gasteiger partial charge is 0.119 e. The Bertz CT molecular complexity index is 542. The van der Waals surface area contributed by atoms with Gasteiger partial charge in [0.2, 0.25) is 0 Å². The average molecular weight is 285 g/mol. The number of aliphatic hydroxyl groups is 1. The van der Waals surface area contributed by atoms with Crippen LogP contribution >= 0.6 is 0 Å². The number of aliphatic hydroxyl groups excluding tert-OH is 1. The number of hydrogen-bond acceptors (Lipinski definition) is 3. The molecule has 0 aliphatic heterocycles. The van der Waals surface area contributed by atoms with E-state index in [0.717, 1.165) is 24.3 Å². The molecule has 0 radical (unpaired) electrons. The van der Waals surface area contributed by atoms with Crippen molar-refractivity contribution in [1.82, 2.24) is 5.32 Å². The molecule has 2 aromatic rings. The summed E-state index contributed by atoms with van der Waals surface area (Å²) in [4.78, 5) is 0. The van der Waals surface area contributed by atoms with Gasteiger partial charge >= 0.3 is 0 Å². The molecule has 0 bridgehead atoms. The Kier molecular flexibility index (Phi) is 5.78. The minimum atomic E-state index is -0.545. The van der Waals surface area contributed by atoms with E-state index in [0.29, 0.717) is 0 Å². The van der Waals surface area contributed by atoms with Gasteiger partial charge in [-0.25, -0.2) is 0 Å². The van der Waals surface area contributed by atoms with E-state index < -0.39 is 6.10 Å². The van der Waals surface area contributed by atoms with E-state index in [9.17, 15) is 5.11 Å². The lowest BCUT2D eigenvalue weighted by molar-refractivity contribution is 0.136. The summed E-state index contributed by atoms with van der Waals surface area (Å²) in [5, 5.41) is 13.8. The monoisotopic (exact) mass is 285 g/mol. The topological polar surface area (TPSA) is 41.5 Å². The summed E-state index contributed by atoms with van der Waals surface area (Å²) in [6.45, 7) is 2.83. The fraction of sp³-hybridized carbons (Fsp3) is 0.333. The van der Waals surface area contributed by atoms with Crippen molar-refractivity contribution in [2.75, 3.05) is 13.7 Å². The molecule has 2 aromatic carbocycles. The van der Waals surface area contributed by atoms with Crippen LogP contribution in [-0.4, -0.2) is 24.8 Å². The van der Waals surface area contributed by atoms with Crippen molar-refractivity contribution in [2.45, 2.75) is 25.5 Å². The summed E-state index contributed by atoms with van der Waals surface area (Å²) < 4.78 is 5.19. The highest BCUT2D eigenvalue weighted by atomic mass is 16.5. The molecule has 112 valence electrons. The van der Waals surface area contributed by atoms with Crippen molar-refractivity contribution in [2.24, 2.45) is 0 Å². The van der Waals surface area contributed by atoms with Crippen LogP contribution in [0.3, 0.4) is 0 Å². The van der Waals surface area contributed by atoms with Crippen LogP contribution in [0.15, 0.2) is 54.6 Å².